The van der Waals surface area contributed by atoms with Gasteiger partial charge in [-0.25, -0.2) is 0 Å². The van der Waals surface area contributed by atoms with E-state index in [1.807, 2.05) is 31.2 Å². The molecule has 1 aromatic rings. The van der Waals surface area contributed by atoms with Crippen LogP contribution in [0.3, 0.4) is 0 Å². The number of benzene rings is 1. The van der Waals surface area contributed by atoms with Gasteiger partial charge in [-0.15, -0.1) is 0 Å². The van der Waals surface area contributed by atoms with Crippen molar-refractivity contribution in [2.75, 3.05) is 0 Å². The third-order valence-electron chi connectivity index (χ3n) is 2.32. The maximum Gasteiger partial charge on any atom is 0.220 e. The summed E-state index contributed by atoms with van der Waals surface area (Å²) in [7, 11) is 0. The molecule has 0 heterocycles. The number of primary amides is 1. The summed E-state index contributed by atoms with van der Waals surface area (Å²) in [6.07, 6.45) is 1.50. The summed E-state index contributed by atoms with van der Waals surface area (Å²) < 4.78 is 1.04. The summed E-state index contributed by atoms with van der Waals surface area (Å²) >= 11 is 3.45. The molecule has 2 nitrogen and oxygen atoms in total. The average molecular weight is 256 g/mol. The monoisotopic (exact) mass is 255 g/mol. The quantitative estimate of drug-likeness (QED) is 0.883. The Morgan fingerprint density at radius 3 is 2.64 bits per heavy atom. The molecule has 0 saturated carbocycles. The van der Waals surface area contributed by atoms with E-state index in [0.717, 1.165) is 16.5 Å². The van der Waals surface area contributed by atoms with Gasteiger partial charge in [-0.3, -0.25) is 4.79 Å². The summed E-state index contributed by atoms with van der Waals surface area (Å²) in [4.78, 5) is 11.1. The largest absolute Gasteiger partial charge is 0.369 e. The van der Waals surface area contributed by atoms with E-state index in [2.05, 4.69) is 15.9 Å². The molecule has 0 saturated heterocycles. The van der Waals surface area contributed by atoms with Gasteiger partial charge in [0.25, 0.3) is 0 Å². The highest BCUT2D eigenvalue weighted by Gasteiger charge is 2.14. The predicted octanol–water partition coefficient (Wildman–Crippen LogP) is 2.50. The smallest absolute Gasteiger partial charge is 0.220 e. The van der Waals surface area contributed by atoms with E-state index in [0.29, 0.717) is 6.42 Å². The number of rotatable bonds is 4. The van der Waals surface area contributed by atoms with Gasteiger partial charge in [0, 0.05) is 10.4 Å². The molecule has 76 valence electrons. The second-order valence-corrected chi connectivity index (χ2v) is 4.16. The van der Waals surface area contributed by atoms with Gasteiger partial charge in [0.1, 0.15) is 0 Å². The molecule has 1 aromatic carbocycles. The van der Waals surface area contributed by atoms with Crippen molar-refractivity contribution >= 4 is 21.8 Å². The van der Waals surface area contributed by atoms with Crippen LogP contribution in [-0.2, 0) is 11.2 Å². The maximum atomic E-state index is 11.1. The normalized spacial score (nSPS) is 12.4. The zero-order valence-electron chi connectivity index (χ0n) is 8.16. The molecule has 1 rings (SSSR count). The lowest BCUT2D eigenvalue weighted by Crippen LogP contribution is -2.24. The Morgan fingerprint density at radius 2 is 2.14 bits per heavy atom. The van der Waals surface area contributed by atoms with Gasteiger partial charge in [0.2, 0.25) is 5.91 Å². The minimum Gasteiger partial charge on any atom is -0.369 e. The van der Waals surface area contributed by atoms with E-state index < -0.39 is 0 Å². The first-order chi connectivity index (χ1) is 6.65. The molecule has 0 aliphatic carbocycles. The molecule has 0 spiro atoms. The van der Waals surface area contributed by atoms with E-state index in [9.17, 15) is 4.79 Å². The van der Waals surface area contributed by atoms with Crippen LogP contribution in [0.15, 0.2) is 28.7 Å². The molecular weight excluding hydrogens is 242 g/mol. The molecule has 0 unspecified atom stereocenters. The first-order valence-electron chi connectivity index (χ1n) is 4.67. The van der Waals surface area contributed by atoms with Crippen molar-refractivity contribution < 1.29 is 4.79 Å². The molecule has 3 heteroatoms. The van der Waals surface area contributed by atoms with Crippen molar-refractivity contribution in [1.29, 1.82) is 0 Å². The van der Waals surface area contributed by atoms with Crippen LogP contribution in [-0.4, -0.2) is 5.91 Å². The fraction of sp³-hybridized carbons (Fsp3) is 0.364. The second-order valence-electron chi connectivity index (χ2n) is 3.30. The molecule has 1 atom stereocenters. The molecule has 0 aliphatic rings. The summed E-state index contributed by atoms with van der Waals surface area (Å²) in [6, 6.07) is 7.91. The zero-order chi connectivity index (χ0) is 10.6. The minimum atomic E-state index is -0.219. The summed E-state index contributed by atoms with van der Waals surface area (Å²) in [5, 5.41) is 0. The van der Waals surface area contributed by atoms with E-state index in [-0.39, 0.29) is 11.8 Å². The molecule has 0 aromatic heterocycles. The van der Waals surface area contributed by atoms with Gasteiger partial charge in [0.15, 0.2) is 0 Å². The van der Waals surface area contributed by atoms with Crippen LogP contribution in [0.2, 0.25) is 0 Å². The Hall–Kier alpha value is -0.830. The fourth-order valence-corrected chi connectivity index (χ4v) is 1.82. The molecule has 0 fully saturated rings. The van der Waals surface area contributed by atoms with E-state index >= 15 is 0 Å². The Labute approximate surface area is 92.6 Å². The van der Waals surface area contributed by atoms with Gasteiger partial charge in [-0.1, -0.05) is 41.1 Å². The van der Waals surface area contributed by atoms with Gasteiger partial charge in [0.05, 0.1) is 0 Å². The number of carbonyl (C=O) groups excluding carboxylic acids is 1. The lowest BCUT2D eigenvalue weighted by molar-refractivity contribution is -0.121. The van der Waals surface area contributed by atoms with Crippen LogP contribution >= 0.6 is 15.9 Å². The van der Waals surface area contributed by atoms with Gasteiger partial charge in [-0.05, 0) is 24.5 Å². The first-order valence-corrected chi connectivity index (χ1v) is 5.47. The topological polar surface area (TPSA) is 43.1 Å². The first kappa shape index (κ1) is 11.2. The molecule has 2 N–H and O–H groups in total. The average Bonchev–Trinajstić information content (AvgIpc) is 2.16. The molecule has 0 aliphatic heterocycles. The van der Waals surface area contributed by atoms with Crippen LogP contribution in [0.1, 0.15) is 18.9 Å². The third kappa shape index (κ3) is 2.84. The summed E-state index contributed by atoms with van der Waals surface area (Å²) in [5.74, 6) is -0.281. The van der Waals surface area contributed by atoms with E-state index in [4.69, 9.17) is 5.73 Å². The fourth-order valence-electron chi connectivity index (χ4n) is 1.38. The number of carbonyl (C=O) groups is 1. The van der Waals surface area contributed by atoms with Crippen molar-refractivity contribution in [3.05, 3.63) is 34.3 Å². The van der Waals surface area contributed by atoms with Crippen LogP contribution in [0, 0.1) is 5.92 Å². The Kier molecular flexibility index (Phi) is 4.14. The lowest BCUT2D eigenvalue weighted by atomic mass is 9.96. The van der Waals surface area contributed by atoms with Gasteiger partial charge in [-0.2, -0.15) is 0 Å². The Morgan fingerprint density at radius 1 is 1.50 bits per heavy atom. The maximum absolute atomic E-state index is 11.1. The molecule has 1 amide bonds. The Bertz CT molecular complexity index is 325. The number of amides is 1. The minimum absolute atomic E-state index is 0.0614. The number of hydrogen-bond donors (Lipinski definition) is 1. The zero-order valence-corrected chi connectivity index (χ0v) is 9.75. The van der Waals surface area contributed by atoms with Crippen LogP contribution in [0.25, 0.3) is 0 Å². The summed E-state index contributed by atoms with van der Waals surface area (Å²) in [6.45, 7) is 1.98. The predicted molar refractivity (Wildman–Crippen MR) is 60.8 cm³/mol. The highest BCUT2D eigenvalue weighted by Crippen LogP contribution is 2.20. The van der Waals surface area contributed by atoms with Crippen molar-refractivity contribution in [3.8, 4) is 0 Å². The molecule has 0 bridgehead atoms. The van der Waals surface area contributed by atoms with Crippen LogP contribution in [0.4, 0.5) is 0 Å². The molecular formula is C11H14BrNO. The van der Waals surface area contributed by atoms with Crippen LogP contribution in [0.5, 0.6) is 0 Å². The molecule has 0 radical (unpaired) electrons. The third-order valence-corrected chi connectivity index (χ3v) is 3.09. The van der Waals surface area contributed by atoms with E-state index in [1.54, 1.807) is 0 Å². The van der Waals surface area contributed by atoms with Gasteiger partial charge >= 0.3 is 0 Å². The SMILES string of the molecule is CC[C@@H](Cc1ccccc1Br)C(N)=O. The van der Waals surface area contributed by atoms with Crippen molar-refractivity contribution in [3.63, 3.8) is 0 Å². The van der Waals surface area contributed by atoms with Crippen molar-refractivity contribution in [1.82, 2.24) is 0 Å². The van der Waals surface area contributed by atoms with Crippen molar-refractivity contribution in [2.45, 2.75) is 19.8 Å². The van der Waals surface area contributed by atoms with Gasteiger partial charge < -0.3 is 5.73 Å². The lowest BCUT2D eigenvalue weighted by Gasteiger charge is -2.11. The van der Waals surface area contributed by atoms with Crippen LogP contribution < -0.4 is 5.73 Å². The second kappa shape index (κ2) is 5.15. The highest BCUT2D eigenvalue weighted by molar-refractivity contribution is 9.10. The van der Waals surface area contributed by atoms with Crippen molar-refractivity contribution in [2.24, 2.45) is 11.7 Å². The Balaban J connectivity index is 2.77. The number of nitrogens with two attached hydrogens (primary N) is 1. The van der Waals surface area contributed by atoms with E-state index in [1.165, 1.54) is 0 Å². The number of halogens is 1. The highest BCUT2D eigenvalue weighted by atomic mass is 79.9. The number of hydrogen-bond acceptors (Lipinski definition) is 1. The summed E-state index contributed by atoms with van der Waals surface area (Å²) in [5.41, 5.74) is 6.43. The standard InChI is InChI=1S/C11H14BrNO/c1-2-8(11(13)14)7-9-5-3-4-6-10(9)12/h3-6,8H,2,7H2,1H3,(H2,13,14)/t8-/m0/s1. The molecule has 14 heavy (non-hydrogen) atoms.